The van der Waals surface area contributed by atoms with Crippen LogP contribution in [0.25, 0.3) is 11.1 Å². The molecule has 540 valence electrons. The second-order valence-corrected chi connectivity index (χ2v) is 39.3. The molecule has 3 atom stereocenters. The summed E-state index contributed by atoms with van der Waals surface area (Å²) < 4.78 is 0. The van der Waals surface area contributed by atoms with Gasteiger partial charge in [-0.25, -0.2) is 0 Å². The number of hydrogen-bond donors (Lipinski definition) is 0. The number of aryl methyl sites for hydroxylation is 4. The summed E-state index contributed by atoms with van der Waals surface area (Å²) in [6.07, 6.45) is 6.15. The van der Waals surface area contributed by atoms with Crippen molar-refractivity contribution >= 4 is 40.2 Å². The van der Waals surface area contributed by atoms with E-state index in [0.717, 1.165) is 49.9 Å². The fraction of sp³-hybridized carbons (Fsp3) is 0.412. The van der Waals surface area contributed by atoms with Gasteiger partial charge < -0.3 is 4.90 Å². The zero-order valence-electron chi connectivity index (χ0n) is 68.6. The number of fused-ring (bicyclic) bond motifs is 3. The summed E-state index contributed by atoms with van der Waals surface area (Å²) in [5, 5.41) is 0. The highest BCUT2D eigenvalue weighted by Crippen LogP contribution is 2.49. The summed E-state index contributed by atoms with van der Waals surface area (Å²) in [6.45, 7) is 59.6. The van der Waals surface area contributed by atoms with Crippen LogP contribution in [0.5, 0.6) is 0 Å². The van der Waals surface area contributed by atoms with Crippen LogP contribution in [0.15, 0.2) is 206 Å². The largest absolute Gasteiger partial charge is 0.310 e. The van der Waals surface area contributed by atoms with Gasteiger partial charge in [-0.1, -0.05) is 351 Å². The molecule has 0 saturated carbocycles. The number of benzene rings is 10. The van der Waals surface area contributed by atoms with Crippen molar-refractivity contribution in [1.29, 1.82) is 0 Å². The standard InChI is InChI=1S/C102H124BN/c1-66-59-78(99(16,17)18)43-34-70(66)37-54-85-88-61-73(84(72-35-41-75(42-36-72)96(7,8)9)53-33-69-31-39-74(40-32-69)95(4,5)6)38-56-92(88)103(94-67(2)60-82(63-89(85)94)104(80-49-44-76(45-50-80)97(10,11)12)81-51-46-77(47-52-81)98(13,14)15)93-65-91-90(101(22,23)57-58-102(91,24)25)64-86(93)68(3)83-55-48-79(100(19,20)21)62-87(83)71-29-27-26-28-30-71/h26-32,34-36,38-52,55-56,59-65,68,84-85H,33,37,53-54,57-58H2,1-25H3. The van der Waals surface area contributed by atoms with Crippen molar-refractivity contribution in [2.75, 3.05) is 4.90 Å². The first kappa shape index (κ1) is 75.7. The molecule has 0 aromatic heterocycles. The third-order valence-electron chi connectivity index (χ3n) is 24.4. The van der Waals surface area contributed by atoms with Crippen molar-refractivity contribution in [3.63, 3.8) is 0 Å². The van der Waals surface area contributed by atoms with E-state index in [1.54, 1.807) is 0 Å². The van der Waals surface area contributed by atoms with Gasteiger partial charge in [0.15, 0.2) is 0 Å². The molecule has 0 fully saturated rings. The maximum atomic E-state index is 2.79. The van der Waals surface area contributed by atoms with Gasteiger partial charge in [0.05, 0.1) is 0 Å². The van der Waals surface area contributed by atoms with Gasteiger partial charge in [0.1, 0.15) is 0 Å². The van der Waals surface area contributed by atoms with Crippen molar-refractivity contribution in [1.82, 2.24) is 0 Å². The van der Waals surface area contributed by atoms with E-state index >= 15 is 0 Å². The molecule has 0 bridgehead atoms. The Labute approximate surface area is 631 Å². The van der Waals surface area contributed by atoms with Crippen LogP contribution in [0.2, 0.25) is 0 Å². The number of hydrogen-bond acceptors (Lipinski definition) is 1. The third-order valence-corrected chi connectivity index (χ3v) is 24.4. The van der Waals surface area contributed by atoms with Crippen LogP contribution < -0.4 is 21.3 Å². The van der Waals surface area contributed by atoms with Gasteiger partial charge >= 0.3 is 0 Å². The number of nitrogens with zero attached hydrogens (tertiary/aromatic N) is 1. The Morgan fingerprint density at radius 2 is 0.875 bits per heavy atom. The van der Waals surface area contributed by atoms with Crippen molar-refractivity contribution in [3.05, 3.63) is 306 Å². The molecule has 3 unspecified atom stereocenters. The smallest absolute Gasteiger partial charge is 0.242 e. The summed E-state index contributed by atoms with van der Waals surface area (Å²) >= 11 is 0. The average molecular weight is 1370 g/mol. The molecule has 10 aromatic rings. The van der Waals surface area contributed by atoms with Gasteiger partial charge in [0.2, 0.25) is 6.71 Å². The maximum absolute atomic E-state index is 2.79. The summed E-state index contributed by atoms with van der Waals surface area (Å²) in [5.41, 5.74) is 35.8. The first-order valence-electron chi connectivity index (χ1n) is 39.5. The molecule has 0 saturated heterocycles. The Balaban J connectivity index is 1.18. The topological polar surface area (TPSA) is 3.24 Å². The molecule has 0 N–H and O–H groups in total. The molecule has 1 aliphatic heterocycles. The van der Waals surface area contributed by atoms with Crippen LogP contribution in [-0.4, -0.2) is 6.71 Å². The predicted molar refractivity (Wildman–Crippen MR) is 455 cm³/mol. The molecule has 104 heavy (non-hydrogen) atoms. The zero-order chi connectivity index (χ0) is 75.2. The van der Waals surface area contributed by atoms with Gasteiger partial charge in [0.25, 0.3) is 0 Å². The van der Waals surface area contributed by atoms with E-state index in [0.29, 0.717) is 0 Å². The second-order valence-electron chi connectivity index (χ2n) is 39.3. The fourth-order valence-electron chi connectivity index (χ4n) is 17.3. The first-order valence-corrected chi connectivity index (χ1v) is 39.5. The van der Waals surface area contributed by atoms with E-state index in [-0.39, 0.29) is 67.8 Å². The lowest BCUT2D eigenvalue weighted by Gasteiger charge is -2.44. The minimum absolute atomic E-state index is 0.00358. The lowest BCUT2D eigenvalue weighted by Crippen LogP contribution is -2.60. The Morgan fingerprint density at radius 1 is 0.404 bits per heavy atom. The molecule has 0 radical (unpaired) electrons. The van der Waals surface area contributed by atoms with Crippen LogP contribution in [0.4, 0.5) is 17.1 Å². The molecule has 1 nitrogen and oxygen atoms in total. The summed E-state index contributed by atoms with van der Waals surface area (Å²) in [5.74, 6) is 0.251. The van der Waals surface area contributed by atoms with E-state index in [9.17, 15) is 0 Å². The Bertz CT molecular complexity index is 4660. The molecule has 10 aromatic carbocycles. The van der Waals surface area contributed by atoms with Gasteiger partial charge in [-0.3, -0.25) is 0 Å². The lowest BCUT2D eigenvalue weighted by atomic mass is 9.30. The van der Waals surface area contributed by atoms with Gasteiger partial charge in [0, 0.05) is 34.8 Å². The minimum atomic E-state index is -0.0822. The highest BCUT2D eigenvalue weighted by atomic mass is 15.1. The van der Waals surface area contributed by atoms with Crippen molar-refractivity contribution in [2.24, 2.45) is 0 Å². The third kappa shape index (κ3) is 15.7. The van der Waals surface area contributed by atoms with Gasteiger partial charge in [-0.15, -0.1) is 0 Å². The number of anilines is 3. The molecular weight excluding hydrogens is 1250 g/mol. The molecule has 1 aliphatic carbocycles. The van der Waals surface area contributed by atoms with Crippen LogP contribution >= 0.6 is 0 Å². The first-order chi connectivity index (χ1) is 48.6. The van der Waals surface area contributed by atoms with Crippen molar-refractivity contribution in [2.45, 2.75) is 273 Å². The van der Waals surface area contributed by atoms with Crippen molar-refractivity contribution in [3.8, 4) is 11.1 Å². The summed E-state index contributed by atoms with van der Waals surface area (Å²) in [4.78, 5) is 2.58. The summed E-state index contributed by atoms with van der Waals surface area (Å²) in [7, 11) is 0. The van der Waals surface area contributed by atoms with Gasteiger partial charge in [-0.05, 0) is 238 Å². The molecule has 2 aliphatic rings. The Morgan fingerprint density at radius 3 is 1.39 bits per heavy atom. The maximum Gasteiger partial charge on any atom is 0.242 e. The summed E-state index contributed by atoms with van der Waals surface area (Å²) in [6, 6.07) is 83.3. The SMILES string of the molecule is Cc1cc(C(C)(C)C)ccc1CCC1c2cc(C(CCc3ccc(C(C)(C)C)cc3)c3ccc(C(C)(C)C)cc3)ccc2B(c2cc3c(cc2C(C)c2ccc(C(C)(C)C)cc2-c2ccccc2)C(C)(C)CCC3(C)C)c2c(C)cc(N(c3ccc(C(C)(C)C)cc3)c3ccc(C(C)(C)C)cc3)cc21. The Kier molecular flexibility index (Phi) is 20.5. The zero-order valence-corrected chi connectivity index (χ0v) is 68.6. The highest BCUT2D eigenvalue weighted by Gasteiger charge is 2.44. The molecule has 12 rings (SSSR count). The van der Waals surface area contributed by atoms with E-state index in [4.69, 9.17) is 0 Å². The molecule has 0 amide bonds. The van der Waals surface area contributed by atoms with Crippen molar-refractivity contribution < 1.29 is 0 Å². The second kappa shape index (κ2) is 28.1. The van der Waals surface area contributed by atoms with E-state index in [1.165, 1.54) is 133 Å². The van der Waals surface area contributed by atoms with E-state index in [2.05, 4.69) is 384 Å². The molecule has 2 heteroatoms. The number of rotatable bonds is 15. The fourth-order valence-corrected chi connectivity index (χ4v) is 17.3. The van der Waals surface area contributed by atoms with Crippen LogP contribution in [-0.2, 0) is 56.2 Å². The van der Waals surface area contributed by atoms with E-state index in [1.807, 2.05) is 0 Å². The van der Waals surface area contributed by atoms with Crippen LogP contribution in [0.1, 0.15) is 303 Å². The van der Waals surface area contributed by atoms with Crippen LogP contribution in [0.3, 0.4) is 0 Å². The highest BCUT2D eigenvalue weighted by molar-refractivity contribution is 6.97. The van der Waals surface area contributed by atoms with E-state index < -0.39 is 0 Å². The van der Waals surface area contributed by atoms with Gasteiger partial charge in [-0.2, -0.15) is 0 Å². The Hall–Kier alpha value is -7.94. The quantitative estimate of drug-likeness (QED) is 0.0925. The average Bonchev–Trinajstić information content (AvgIpc) is 0.710. The predicted octanol–water partition coefficient (Wildman–Crippen LogP) is 26.1. The molecule has 0 spiro atoms. The molecule has 1 heterocycles. The minimum Gasteiger partial charge on any atom is -0.310 e. The normalized spacial score (nSPS) is 16.0. The molecular formula is C102H124BN. The lowest BCUT2D eigenvalue weighted by molar-refractivity contribution is 0.332. The van der Waals surface area contributed by atoms with Crippen LogP contribution in [0, 0.1) is 13.8 Å². The monoisotopic (exact) mass is 1370 g/mol.